The highest BCUT2D eigenvalue weighted by atomic mass is 16.5. The number of carbonyl (C=O) groups excluding carboxylic acids is 1. The maximum absolute atomic E-state index is 12.4. The molecule has 0 N–H and O–H groups in total. The number of anilines is 2. The maximum Gasteiger partial charge on any atom is 0.278 e. The number of aromatic nitrogens is 2. The van der Waals surface area contributed by atoms with Crippen molar-refractivity contribution < 1.29 is 9.53 Å². The largest absolute Gasteiger partial charge is 0.378 e. The first-order chi connectivity index (χ1) is 10.8. The number of hydrogen-bond acceptors (Lipinski definition) is 5. The highest BCUT2D eigenvalue weighted by Crippen LogP contribution is 2.15. The summed E-state index contributed by atoms with van der Waals surface area (Å²) in [5.41, 5.74) is 1.16. The monoisotopic (exact) mass is 298 g/mol. The first kappa shape index (κ1) is 14.5. The fraction of sp³-hybridized carbons (Fsp3) is 0.312. The summed E-state index contributed by atoms with van der Waals surface area (Å²) in [4.78, 5) is 16.1. The lowest BCUT2D eigenvalue weighted by atomic mass is 10.2. The zero-order valence-corrected chi connectivity index (χ0v) is 12.5. The van der Waals surface area contributed by atoms with Crippen molar-refractivity contribution in [2.24, 2.45) is 0 Å². The van der Waals surface area contributed by atoms with Crippen molar-refractivity contribution in [1.82, 2.24) is 10.2 Å². The predicted molar refractivity (Wildman–Crippen MR) is 84.2 cm³/mol. The summed E-state index contributed by atoms with van der Waals surface area (Å²) < 4.78 is 5.31. The zero-order valence-electron chi connectivity index (χ0n) is 12.5. The third-order valence-electron chi connectivity index (χ3n) is 3.65. The van der Waals surface area contributed by atoms with Crippen molar-refractivity contribution in [2.45, 2.75) is 0 Å². The van der Waals surface area contributed by atoms with E-state index in [9.17, 15) is 4.79 Å². The van der Waals surface area contributed by atoms with Crippen LogP contribution >= 0.6 is 0 Å². The topological polar surface area (TPSA) is 58.6 Å². The molecule has 6 nitrogen and oxygen atoms in total. The van der Waals surface area contributed by atoms with E-state index in [0.717, 1.165) is 24.6 Å². The van der Waals surface area contributed by atoms with Crippen molar-refractivity contribution >= 4 is 17.4 Å². The number of hydrogen-bond donors (Lipinski definition) is 0. The molecule has 0 unspecified atom stereocenters. The third kappa shape index (κ3) is 3.07. The SMILES string of the molecule is CN(C(=O)c1ccc(N2CCOCC2)nn1)c1ccccc1. The molecule has 0 radical (unpaired) electrons. The Hall–Kier alpha value is -2.47. The molecule has 1 aliphatic rings. The molecule has 6 heteroatoms. The van der Waals surface area contributed by atoms with Gasteiger partial charge in [-0.2, -0.15) is 0 Å². The molecule has 2 heterocycles. The summed E-state index contributed by atoms with van der Waals surface area (Å²) >= 11 is 0. The normalized spacial score (nSPS) is 14.7. The van der Waals surface area contributed by atoms with Crippen LogP contribution in [0.5, 0.6) is 0 Å². The molecule has 1 aromatic carbocycles. The summed E-state index contributed by atoms with van der Waals surface area (Å²) in [7, 11) is 1.73. The number of ether oxygens (including phenoxy) is 1. The van der Waals surface area contributed by atoms with Crippen molar-refractivity contribution in [3.63, 3.8) is 0 Å². The number of rotatable bonds is 3. The Kier molecular flexibility index (Phi) is 4.29. The van der Waals surface area contributed by atoms with Crippen LogP contribution in [-0.4, -0.2) is 49.5 Å². The summed E-state index contributed by atoms with van der Waals surface area (Å²) in [6.45, 7) is 2.98. The van der Waals surface area contributed by atoms with E-state index in [-0.39, 0.29) is 5.91 Å². The van der Waals surface area contributed by atoms with E-state index < -0.39 is 0 Å². The number of nitrogens with zero attached hydrogens (tertiary/aromatic N) is 4. The maximum atomic E-state index is 12.4. The molecule has 2 aromatic rings. The average molecular weight is 298 g/mol. The van der Waals surface area contributed by atoms with Crippen LogP contribution in [0.3, 0.4) is 0 Å². The Morgan fingerprint density at radius 3 is 2.45 bits per heavy atom. The molecule has 0 bridgehead atoms. The molecule has 22 heavy (non-hydrogen) atoms. The molecular weight excluding hydrogens is 280 g/mol. The highest BCUT2D eigenvalue weighted by molar-refractivity contribution is 6.04. The van der Waals surface area contributed by atoms with Crippen molar-refractivity contribution in [2.75, 3.05) is 43.2 Å². The Labute approximate surface area is 129 Å². The highest BCUT2D eigenvalue weighted by Gasteiger charge is 2.17. The van der Waals surface area contributed by atoms with Gasteiger partial charge in [0.15, 0.2) is 11.5 Å². The van der Waals surface area contributed by atoms with Gasteiger partial charge in [0.2, 0.25) is 0 Å². The number of benzene rings is 1. The van der Waals surface area contributed by atoms with E-state index in [1.54, 1.807) is 18.0 Å². The summed E-state index contributed by atoms with van der Waals surface area (Å²) in [5, 5.41) is 8.25. The smallest absolute Gasteiger partial charge is 0.278 e. The van der Waals surface area contributed by atoms with Gasteiger partial charge in [-0.1, -0.05) is 18.2 Å². The van der Waals surface area contributed by atoms with Crippen LogP contribution in [0.2, 0.25) is 0 Å². The van der Waals surface area contributed by atoms with Gasteiger partial charge < -0.3 is 14.5 Å². The zero-order chi connectivity index (χ0) is 15.4. The number of morpholine rings is 1. The number of amides is 1. The van der Waals surface area contributed by atoms with E-state index in [1.165, 1.54) is 0 Å². The van der Waals surface area contributed by atoms with Gasteiger partial charge in [0, 0.05) is 25.8 Å². The predicted octanol–water partition coefficient (Wildman–Crippen LogP) is 1.59. The molecule has 1 saturated heterocycles. The average Bonchev–Trinajstić information content (AvgIpc) is 2.62. The van der Waals surface area contributed by atoms with Crippen LogP contribution in [0.25, 0.3) is 0 Å². The summed E-state index contributed by atoms with van der Waals surface area (Å²) in [5.74, 6) is 0.606. The standard InChI is InChI=1S/C16H18N4O2/c1-19(13-5-3-2-4-6-13)16(21)14-7-8-15(18-17-14)20-9-11-22-12-10-20/h2-8H,9-12H2,1H3. The van der Waals surface area contributed by atoms with Crippen molar-refractivity contribution in [3.05, 3.63) is 48.2 Å². The van der Waals surface area contributed by atoms with Gasteiger partial charge in [0.05, 0.1) is 13.2 Å². The summed E-state index contributed by atoms with van der Waals surface area (Å²) in [6.07, 6.45) is 0. The van der Waals surface area contributed by atoms with Crippen molar-refractivity contribution in [3.8, 4) is 0 Å². The minimum atomic E-state index is -0.174. The quantitative estimate of drug-likeness (QED) is 0.861. The van der Waals surface area contributed by atoms with Crippen LogP contribution in [0.4, 0.5) is 11.5 Å². The molecule has 114 valence electrons. The van der Waals surface area contributed by atoms with Crippen LogP contribution in [0.1, 0.15) is 10.5 Å². The Bertz CT molecular complexity index is 624. The first-order valence-electron chi connectivity index (χ1n) is 7.25. The lowest BCUT2D eigenvalue weighted by Crippen LogP contribution is -2.37. The van der Waals surface area contributed by atoms with E-state index in [1.807, 2.05) is 36.4 Å². The third-order valence-corrected chi connectivity index (χ3v) is 3.65. The Balaban J connectivity index is 1.73. The number of carbonyl (C=O) groups is 1. The molecule has 3 rings (SSSR count). The van der Waals surface area contributed by atoms with Gasteiger partial charge in [0.25, 0.3) is 5.91 Å². The van der Waals surface area contributed by atoms with Gasteiger partial charge >= 0.3 is 0 Å². The second kappa shape index (κ2) is 6.53. The fourth-order valence-corrected chi connectivity index (χ4v) is 2.34. The van der Waals surface area contributed by atoms with Crippen LogP contribution < -0.4 is 9.80 Å². The molecule has 0 saturated carbocycles. The molecule has 1 amide bonds. The van der Waals surface area contributed by atoms with Gasteiger partial charge in [-0.25, -0.2) is 0 Å². The van der Waals surface area contributed by atoms with E-state index in [4.69, 9.17) is 4.74 Å². The minimum absolute atomic E-state index is 0.174. The molecule has 0 spiro atoms. The van der Waals surface area contributed by atoms with E-state index >= 15 is 0 Å². The second-order valence-electron chi connectivity index (χ2n) is 5.08. The second-order valence-corrected chi connectivity index (χ2v) is 5.08. The van der Waals surface area contributed by atoms with Gasteiger partial charge in [-0.05, 0) is 24.3 Å². The molecule has 1 aromatic heterocycles. The van der Waals surface area contributed by atoms with Gasteiger partial charge in [0.1, 0.15) is 0 Å². The van der Waals surface area contributed by atoms with E-state index in [2.05, 4.69) is 15.1 Å². The molecular formula is C16H18N4O2. The summed E-state index contributed by atoms with van der Waals surface area (Å²) in [6, 6.07) is 13.0. The van der Waals surface area contributed by atoms with Gasteiger partial charge in [-0.3, -0.25) is 4.79 Å². The minimum Gasteiger partial charge on any atom is -0.378 e. The lowest BCUT2D eigenvalue weighted by molar-refractivity contribution is 0.0987. The Morgan fingerprint density at radius 2 is 1.82 bits per heavy atom. The number of para-hydroxylation sites is 1. The Morgan fingerprint density at radius 1 is 1.09 bits per heavy atom. The lowest BCUT2D eigenvalue weighted by Gasteiger charge is -2.27. The van der Waals surface area contributed by atoms with Gasteiger partial charge in [-0.15, -0.1) is 10.2 Å². The first-order valence-corrected chi connectivity index (χ1v) is 7.25. The molecule has 0 atom stereocenters. The fourth-order valence-electron chi connectivity index (χ4n) is 2.34. The van der Waals surface area contributed by atoms with Crippen LogP contribution in [0.15, 0.2) is 42.5 Å². The molecule has 0 aliphatic carbocycles. The van der Waals surface area contributed by atoms with Crippen LogP contribution in [-0.2, 0) is 4.74 Å². The molecule has 1 fully saturated rings. The van der Waals surface area contributed by atoms with Crippen LogP contribution in [0, 0.1) is 0 Å². The van der Waals surface area contributed by atoms with E-state index in [0.29, 0.717) is 18.9 Å². The van der Waals surface area contributed by atoms with Crippen molar-refractivity contribution in [1.29, 1.82) is 0 Å². The molecule has 1 aliphatic heterocycles.